The molecule has 0 aliphatic carbocycles. The molecule has 0 unspecified atom stereocenters. The smallest absolute Gasteiger partial charge is 0.287 e. The Kier molecular flexibility index (Phi) is 7.69. The van der Waals surface area contributed by atoms with Crippen LogP contribution in [0.25, 0.3) is 11.5 Å². The van der Waals surface area contributed by atoms with E-state index in [0.717, 1.165) is 37.7 Å². The SMILES string of the molecule is O=C(CCCCCCc1ccccc1)C(=O)NCc1nnc(-c2ccccc2)o1. The van der Waals surface area contributed by atoms with Crippen LogP contribution < -0.4 is 5.32 Å². The topological polar surface area (TPSA) is 85.1 Å². The molecule has 0 saturated carbocycles. The Bertz CT molecular complexity index is 907. The fourth-order valence-corrected chi connectivity index (χ4v) is 3.00. The molecule has 3 rings (SSSR count). The van der Waals surface area contributed by atoms with Crippen molar-refractivity contribution in [2.45, 2.75) is 45.1 Å². The van der Waals surface area contributed by atoms with Crippen LogP contribution in [0.15, 0.2) is 65.1 Å². The van der Waals surface area contributed by atoms with Crippen LogP contribution in [-0.2, 0) is 22.6 Å². The van der Waals surface area contributed by atoms with Gasteiger partial charge in [0.15, 0.2) is 0 Å². The lowest BCUT2D eigenvalue weighted by atomic mass is 10.0. The van der Waals surface area contributed by atoms with E-state index in [1.165, 1.54) is 5.56 Å². The van der Waals surface area contributed by atoms with Crippen molar-refractivity contribution in [3.05, 3.63) is 72.1 Å². The first-order chi connectivity index (χ1) is 14.2. The summed E-state index contributed by atoms with van der Waals surface area (Å²) in [5.41, 5.74) is 2.14. The van der Waals surface area contributed by atoms with Crippen LogP contribution in [-0.4, -0.2) is 21.9 Å². The Hall–Kier alpha value is -3.28. The first-order valence-corrected chi connectivity index (χ1v) is 9.95. The number of rotatable bonds is 11. The predicted molar refractivity (Wildman–Crippen MR) is 110 cm³/mol. The number of nitrogens with one attached hydrogen (secondary N) is 1. The van der Waals surface area contributed by atoms with Gasteiger partial charge in [0.25, 0.3) is 5.91 Å². The Morgan fingerprint density at radius 2 is 1.52 bits per heavy atom. The lowest BCUT2D eigenvalue weighted by Crippen LogP contribution is -2.30. The van der Waals surface area contributed by atoms with Gasteiger partial charge in [0, 0.05) is 12.0 Å². The molecule has 6 nitrogen and oxygen atoms in total. The number of benzene rings is 2. The first-order valence-electron chi connectivity index (χ1n) is 9.95. The van der Waals surface area contributed by atoms with Crippen molar-refractivity contribution >= 4 is 11.7 Å². The van der Waals surface area contributed by atoms with Crippen molar-refractivity contribution < 1.29 is 14.0 Å². The molecular weight excluding hydrogens is 366 g/mol. The van der Waals surface area contributed by atoms with E-state index in [0.29, 0.717) is 5.89 Å². The zero-order chi connectivity index (χ0) is 20.3. The predicted octanol–water partition coefficient (Wildman–Crippen LogP) is 4.12. The van der Waals surface area contributed by atoms with Gasteiger partial charge in [-0.05, 0) is 37.0 Å². The van der Waals surface area contributed by atoms with Gasteiger partial charge < -0.3 is 9.73 Å². The summed E-state index contributed by atoms with van der Waals surface area (Å²) in [6.45, 7) is 0.0431. The average Bonchev–Trinajstić information content (AvgIpc) is 3.25. The van der Waals surface area contributed by atoms with E-state index in [2.05, 4.69) is 27.6 Å². The number of aromatic nitrogens is 2. The van der Waals surface area contributed by atoms with Crippen LogP contribution in [0.1, 0.15) is 43.6 Å². The molecule has 2 aromatic carbocycles. The summed E-state index contributed by atoms with van der Waals surface area (Å²) in [5, 5.41) is 10.4. The van der Waals surface area contributed by atoms with E-state index in [9.17, 15) is 9.59 Å². The van der Waals surface area contributed by atoms with Crippen LogP contribution in [0.4, 0.5) is 0 Å². The summed E-state index contributed by atoms with van der Waals surface area (Å²) >= 11 is 0. The highest BCUT2D eigenvalue weighted by Gasteiger charge is 2.15. The molecule has 3 aromatic rings. The fraction of sp³-hybridized carbons (Fsp3) is 0.304. The third-order valence-corrected chi connectivity index (χ3v) is 4.60. The quantitative estimate of drug-likeness (QED) is 0.393. The molecule has 0 fully saturated rings. The molecule has 1 heterocycles. The maximum Gasteiger partial charge on any atom is 0.287 e. The second-order valence-electron chi connectivity index (χ2n) is 6.87. The lowest BCUT2D eigenvalue weighted by Gasteiger charge is -2.03. The number of nitrogens with zero attached hydrogens (tertiary/aromatic N) is 2. The molecule has 0 spiro atoms. The Morgan fingerprint density at radius 3 is 2.28 bits per heavy atom. The largest absolute Gasteiger partial charge is 0.419 e. The van der Waals surface area contributed by atoms with Crippen LogP contribution in [0.2, 0.25) is 0 Å². The molecule has 0 aliphatic rings. The summed E-state index contributed by atoms with van der Waals surface area (Å²) in [5.74, 6) is -0.354. The van der Waals surface area contributed by atoms with Gasteiger partial charge in [-0.2, -0.15) is 0 Å². The monoisotopic (exact) mass is 391 g/mol. The van der Waals surface area contributed by atoms with E-state index in [1.807, 2.05) is 48.5 Å². The number of Topliss-reactive ketones (excluding diaryl/α,β-unsaturated/α-hetero) is 1. The van der Waals surface area contributed by atoms with Crippen molar-refractivity contribution in [3.8, 4) is 11.5 Å². The standard InChI is InChI=1S/C23H25N3O3/c27-20(16-10-2-1-5-11-18-12-6-3-7-13-18)22(28)24-17-21-25-26-23(29-21)19-14-8-4-9-15-19/h3-4,6-9,12-15H,1-2,5,10-11,16-17H2,(H,24,28). The minimum absolute atomic E-state index is 0.0431. The lowest BCUT2D eigenvalue weighted by molar-refractivity contribution is -0.138. The van der Waals surface area contributed by atoms with Gasteiger partial charge in [0.2, 0.25) is 17.6 Å². The van der Waals surface area contributed by atoms with Crippen molar-refractivity contribution in [2.75, 3.05) is 0 Å². The molecule has 0 radical (unpaired) electrons. The van der Waals surface area contributed by atoms with E-state index in [-0.39, 0.29) is 18.9 Å². The number of carbonyl (C=O) groups is 2. The zero-order valence-corrected chi connectivity index (χ0v) is 16.3. The number of amides is 1. The Balaban J connectivity index is 1.30. The minimum Gasteiger partial charge on any atom is -0.419 e. The maximum atomic E-state index is 12.0. The third-order valence-electron chi connectivity index (χ3n) is 4.60. The number of aryl methyl sites for hydroxylation is 1. The summed E-state index contributed by atoms with van der Waals surface area (Å²) in [4.78, 5) is 23.9. The van der Waals surface area contributed by atoms with Crippen molar-refractivity contribution in [1.29, 1.82) is 0 Å². The molecule has 29 heavy (non-hydrogen) atoms. The number of unbranched alkanes of at least 4 members (excludes halogenated alkanes) is 3. The van der Waals surface area contributed by atoms with Crippen molar-refractivity contribution in [1.82, 2.24) is 15.5 Å². The maximum absolute atomic E-state index is 12.0. The highest BCUT2D eigenvalue weighted by Crippen LogP contribution is 2.16. The van der Waals surface area contributed by atoms with Gasteiger partial charge in [0.1, 0.15) is 0 Å². The van der Waals surface area contributed by atoms with Gasteiger partial charge in [-0.1, -0.05) is 61.4 Å². The fourth-order valence-electron chi connectivity index (χ4n) is 3.00. The molecular formula is C23H25N3O3. The average molecular weight is 391 g/mol. The summed E-state index contributed by atoms with van der Waals surface area (Å²) in [7, 11) is 0. The third kappa shape index (κ3) is 6.68. The summed E-state index contributed by atoms with van der Waals surface area (Å²) < 4.78 is 5.51. The zero-order valence-electron chi connectivity index (χ0n) is 16.3. The second-order valence-corrected chi connectivity index (χ2v) is 6.87. The van der Waals surface area contributed by atoms with Gasteiger partial charge in [0.05, 0.1) is 6.54 Å². The van der Waals surface area contributed by atoms with Gasteiger partial charge in [-0.3, -0.25) is 9.59 Å². The molecule has 1 aromatic heterocycles. The summed E-state index contributed by atoms with van der Waals surface area (Å²) in [6.07, 6.45) is 5.11. The number of ketones is 1. The Morgan fingerprint density at radius 1 is 0.828 bits per heavy atom. The Labute approximate surface area is 170 Å². The van der Waals surface area contributed by atoms with Gasteiger partial charge >= 0.3 is 0 Å². The first kappa shape index (κ1) is 20.5. The molecule has 6 heteroatoms. The molecule has 0 bridgehead atoms. The van der Waals surface area contributed by atoms with E-state index < -0.39 is 11.7 Å². The van der Waals surface area contributed by atoms with Crippen LogP contribution >= 0.6 is 0 Å². The van der Waals surface area contributed by atoms with Crippen molar-refractivity contribution in [2.24, 2.45) is 0 Å². The van der Waals surface area contributed by atoms with Crippen LogP contribution in [0.3, 0.4) is 0 Å². The van der Waals surface area contributed by atoms with Gasteiger partial charge in [-0.25, -0.2) is 0 Å². The van der Waals surface area contributed by atoms with Crippen LogP contribution in [0, 0.1) is 0 Å². The highest BCUT2D eigenvalue weighted by molar-refractivity contribution is 6.36. The van der Waals surface area contributed by atoms with E-state index >= 15 is 0 Å². The number of hydrogen-bond donors (Lipinski definition) is 1. The molecule has 1 amide bonds. The number of carbonyl (C=O) groups excluding carboxylic acids is 2. The summed E-state index contributed by atoms with van der Waals surface area (Å²) in [6, 6.07) is 19.7. The van der Waals surface area contributed by atoms with Crippen molar-refractivity contribution in [3.63, 3.8) is 0 Å². The minimum atomic E-state index is -0.603. The van der Waals surface area contributed by atoms with Crippen LogP contribution in [0.5, 0.6) is 0 Å². The molecule has 0 atom stereocenters. The molecule has 150 valence electrons. The molecule has 0 aliphatic heterocycles. The van der Waals surface area contributed by atoms with E-state index in [1.54, 1.807) is 0 Å². The number of hydrogen-bond acceptors (Lipinski definition) is 5. The van der Waals surface area contributed by atoms with E-state index in [4.69, 9.17) is 4.42 Å². The second kappa shape index (κ2) is 10.9. The molecule has 0 saturated heterocycles. The molecule has 1 N–H and O–H groups in total. The highest BCUT2D eigenvalue weighted by atomic mass is 16.4. The van der Waals surface area contributed by atoms with Gasteiger partial charge in [-0.15, -0.1) is 10.2 Å². The normalized spacial score (nSPS) is 10.6.